The maximum Gasteiger partial charge on any atom is 0.413 e. The maximum atomic E-state index is 13.2. The van der Waals surface area contributed by atoms with Crippen molar-refractivity contribution in [2.75, 3.05) is 52.8 Å². The van der Waals surface area contributed by atoms with Crippen LogP contribution < -0.4 is 47.9 Å². The highest BCUT2D eigenvalue weighted by Crippen LogP contribution is 2.18. The first kappa shape index (κ1) is 53.2. The minimum atomic E-state index is -0.731. The number of nitrogens with one attached hydrogen (secondary N) is 9. The minimum absolute atomic E-state index is 0.0170. The van der Waals surface area contributed by atoms with Gasteiger partial charge in [-0.3, -0.25) is 43.7 Å². The molecule has 27 nitrogen and oxygen atoms in total. The van der Waals surface area contributed by atoms with Gasteiger partial charge >= 0.3 is 6.09 Å². The van der Waals surface area contributed by atoms with Gasteiger partial charge < -0.3 is 70.1 Å². The standard InChI is InChI=1S/C44H59N17O10/c1-10-14-45-32(62)11-15-48-40(67)35-53-29(22-59(35)7)51-33(63)12-16-46-38(65)27-18-25(20-57(27)5)49-41(68)36-54-30(23-60(36)8)52-34(64)13-17-47-39(66)28-19-26(21-58(28)6)50-42(69)37-55-31(24-61(37)9)56-43(70)71-44(2,3)4/h18-24H,10-17H2,1-9H3,(H,45,62)(H,46,65)(H,47,66)(H,48,67)(H,49,68)(H,50,69)(H,51,63)(H,52,64)(H,56,70). The Hall–Kier alpha value is -8.78. The van der Waals surface area contributed by atoms with Crippen LogP contribution in [0, 0.1) is 0 Å². The summed E-state index contributed by atoms with van der Waals surface area (Å²) >= 11 is 0. The summed E-state index contributed by atoms with van der Waals surface area (Å²) < 4.78 is 12.4. The number of rotatable bonds is 21. The van der Waals surface area contributed by atoms with Crippen molar-refractivity contribution in [3.05, 3.63) is 72.0 Å². The van der Waals surface area contributed by atoms with Gasteiger partial charge in [-0.1, -0.05) is 6.92 Å². The molecule has 9 amide bonds. The molecule has 0 aromatic carbocycles. The second kappa shape index (κ2) is 23.5. The SMILES string of the molecule is CCCNC(=O)CCNC(=O)c1nc(NC(=O)CCNC(=O)c2cc(NC(=O)c3nc(NC(=O)CCNC(=O)c4cc(NC(=O)c5nc(NC(=O)OC(C)(C)C)cn5C)cn4C)cn3C)cn2C)cn1C. The molecule has 0 unspecified atom stereocenters. The zero-order chi connectivity index (χ0) is 52.2. The molecule has 27 heteroatoms. The fourth-order valence-electron chi connectivity index (χ4n) is 6.60. The number of carbonyl (C=O) groups excluding carboxylic acids is 9. The molecule has 5 aromatic heterocycles. The lowest BCUT2D eigenvalue weighted by molar-refractivity contribution is -0.121. The van der Waals surface area contributed by atoms with E-state index in [1.165, 1.54) is 66.0 Å². The Bertz CT molecular complexity index is 2820. The Kier molecular flexibility index (Phi) is 17.6. The first-order valence-electron chi connectivity index (χ1n) is 22.3. The molecule has 0 saturated heterocycles. The average molecular weight is 986 g/mol. The molecule has 0 spiro atoms. The van der Waals surface area contributed by atoms with Gasteiger partial charge in [-0.25, -0.2) is 19.7 Å². The summed E-state index contributed by atoms with van der Waals surface area (Å²) in [6.45, 7) is 7.63. The fourth-order valence-corrected chi connectivity index (χ4v) is 6.60. The van der Waals surface area contributed by atoms with E-state index in [1.54, 1.807) is 56.0 Å². The van der Waals surface area contributed by atoms with E-state index < -0.39 is 53.0 Å². The van der Waals surface area contributed by atoms with Gasteiger partial charge in [0.05, 0.1) is 11.4 Å². The number of amides is 9. The number of hydrogen-bond acceptors (Lipinski definition) is 13. The Labute approximate surface area is 407 Å². The molecule has 0 aliphatic carbocycles. The number of anilines is 5. The second-order valence-electron chi connectivity index (χ2n) is 17.1. The largest absolute Gasteiger partial charge is 0.444 e. The molecule has 0 atom stereocenters. The molecule has 0 saturated carbocycles. The summed E-state index contributed by atoms with van der Waals surface area (Å²) in [6.07, 6.45) is 7.27. The third-order valence-corrected chi connectivity index (χ3v) is 9.88. The van der Waals surface area contributed by atoms with Crippen molar-refractivity contribution in [1.29, 1.82) is 0 Å². The van der Waals surface area contributed by atoms with E-state index in [-0.39, 0.29) is 96.8 Å². The van der Waals surface area contributed by atoms with Crippen LogP contribution in [0.1, 0.15) is 106 Å². The minimum Gasteiger partial charge on any atom is -0.444 e. The summed E-state index contributed by atoms with van der Waals surface area (Å²) in [6, 6.07) is 2.88. The van der Waals surface area contributed by atoms with Crippen LogP contribution in [0.3, 0.4) is 0 Å². The number of carbonyl (C=O) groups is 9. The number of ether oxygens (including phenoxy) is 1. The van der Waals surface area contributed by atoms with Gasteiger partial charge in [-0.2, -0.15) is 0 Å². The topological polar surface area (TPSA) is 334 Å². The van der Waals surface area contributed by atoms with Gasteiger partial charge in [0.15, 0.2) is 17.5 Å². The molecule has 9 N–H and O–H groups in total. The van der Waals surface area contributed by atoms with E-state index in [0.717, 1.165) is 6.42 Å². The fraction of sp³-hybridized carbons (Fsp3) is 0.409. The van der Waals surface area contributed by atoms with E-state index in [9.17, 15) is 43.2 Å². The van der Waals surface area contributed by atoms with Gasteiger partial charge in [0, 0.05) is 112 Å². The van der Waals surface area contributed by atoms with Crippen molar-refractivity contribution in [3.8, 4) is 0 Å². The van der Waals surface area contributed by atoms with Crippen molar-refractivity contribution < 1.29 is 47.9 Å². The summed E-state index contributed by atoms with van der Waals surface area (Å²) in [4.78, 5) is 127. The molecule has 5 rings (SSSR count). The average Bonchev–Trinajstić information content (AvgIpc) is 4.10. The van der Waals surface area contributed by atoms with Crippen molar-refractivity contribution in [3.63, 3.8) is 0 Å². The quantitative estimate of drug-likeness (QED) is 0.0505. The van der Waals surface area contributed by atoms with Crippen LogP contribution >= 0.6 is 0 Å². The van der Waals surface area contributed by atoms with Crippen LogP contribution in [-0.2, 0) is 54.4 Å². The van der Waals surface area contributed by atoms with E-state index in [1.807, 2.05) is 6.92 Å². The lowest BCUT2D eigenvalue weighted by Gasteiger charge is -2.18. The van der Waals surface area contributed by atoms with E-state index in [2.05, 4.69) is 62.8 Å². The lowest BCUT2D eigenvalue weighted by atomic mass is 10.2. The van der Waals surface area contributed by atoms with Crippen LogP contribution in [0.4, 0.5) is 33.6 Å². The third-order valence-electron chi connectivity index (χ3n) is 9.88. The number of imidazole rings is 3. The maximum absolute atomic E-state index is 13.2. The number of aromatic nitrogens is 8. The molecule has 71 heavy (non-hydrogen) atoms. The van der Waals surface area contributed by atoms with Gasteiger partial charge in [0.1, 0.15) is 17.0 Å². The molecule has 0 aliphatic heterocycles. The van der Waals surface area contributed by atoms with Gasteiger partial charge in [0.25, 0.3) is 29.5 Å². The van der Waals surface area contributed by atoms with Crippen molar-refractivity contribution in [2.24, 2.45) is 35.2 Å². The van der Waals surface area contributed by atoms with Gasteiger partial charge in [0.2, 0.25) is 35.2 Å². The van der Waals surface area contributed by atoms with Crippen molar-refractivity contribution >= 4 is 82.2 Å². The first-order valence-corrected chi connectivity index (χ1v) is 22.3. The Morgan fingerprint density at radius 3 is 1.25 bits per heavy atom. The number of hydrogen-bond donors (Lipinski definition) is 9. The summed E-state index contributed by atoms with van der Waals surface area (Å²) in [5, 5.41) is 23.7. The van der Waals surface area contributed by atoms with E-state index in [0.29, 0.717) is 12.2 Å². The normalized spacial score (nSPS) is 11.0. The molecule has 0 aliphatic rings. The molecule has 0 fully saturated rings. The molecule has 0 bridgehead atoms. The molecule has 5 aromatic rings. The van der Waals surface area contributed by atoms with Gasteiger partial charge in [-0.15, -0.1) is 0 Å². The van der Waals surface area contributed by atoms with Crippen LogP contribution in [-0.4, -0.2) is 123 Å². The molecule has 5 heterocycles. The van der Waals surface area contributed by atoms with Crippen molar-refractivity contribution in [1.82, 2.24) is 59.1 Å². The van der Waals surface area contributed by atoms with E-state index >= 15 is 0 Å². The predicted molar refractivity (Wildman–Crippen MR) is 258 cm³/mol. The highest BCUT2D eigenvalue weighted by molar-refractivity contribution is 6.05. The van der Waals surface area contributed by atoms with Crippen LogP contribution in [0.15, 0.2) is 43.1 Å². The molecule has 0 radical (unpaired) electrons. The zero-order valence-corrected chi connectivity index (χ0v) is 40.9. The Balaban J connectivity index is 1.03. The number of aryl methyl sites for hydroxylation is 5. The highest BCUT2D eigenvalue weighted by Gasteiger charge is 2.23. The molecular formula is C44H59N17O10. The predicted octanol–water partition coefficient (Wildman–Crippen LogP) is 1.58. The Morgan fingerprint density at radius 2 is 0.845 bits per heavy atom. The summed E-state index contributed by atoms with van der Waals surface area (Å²) in [7, 11) is 7.90. The Morgan fingerprint density at radius 1 is 0.465 bits per heavy atom. The van der Waals surface area contributed by atoms with Crippen LogP contribution in [0.2, 0.25) is 0 Å². The first-order chi connectivity index (χ1) is 33.5. The van der Waals surface area contributed by atoms with E-state index in [4.69, 9.17) is 4.74 Å². The monoisotopic (exact) mass is 985 g/mol. The second-order valence-corrected chi connectivity index (χ2v) is 17.1. The molecular weight excluding hydrogens is 927 g/mol. The molecule has 380 valence electrons. The lowest BCUT2D eigenvalue weighted by Crippen LogP contribution is -2.32. The van der Waals surface area contributed by atoms with Crippen LogP contribution in [0.25, 0.3) is 0 Å². The third kappa shape index (κ3) is 15.4. The number of nitrogens with zero attached hydrogens (tertiary/aromatic N) is 8. The summed E-state index contributed by atoms with van der Waals surface area (Å²) in [5.74, 6) is -3.71. The van der Waals surface area contributed by atoms with Gasteiger partial charge in [-0.05, 0) is 39.3 Å². The van der Waals surface area contributed by atoms with Crippen LogP contribution in [0.5, 0.6) is 0 Å². The highest BCUT2D eigenvalue weighted by atomic mass is 16.6. The summed E-state index contributed by atoms with van der Waals surface area (Å²) in [5.41, 5.74) is 0.190. The zero-order valence-electron chi connectivity index (χ0n) is 40.9. The smallest absolute Gasteiger partial charge is 0.413 e. The van der Waals surface area contributed by atoms with Crippen molar-refractivity contribution in [2.45, 2.75) is 59.0 Å².